The highest BCUT2D eigenvalue weighted by Gasteiger charge is 2.38. The normalized spacial score (nSPS) is 30.1. The average Bonchev–Trinajstić information content (AvgIpc) is 2.28. The maximum atomic E-state index is 12.0. The van der Waals surface area contributed by atoms with Crippen LogP contribution in [-0.2, 0) is 9.84 Å². The molecular formula is C14H20O2S. The molecule has 0 radical (unpaired) electrons. The summed E-state index contributed by atoms with van der Waals surface area (Å²) in [4.78, 5) is 0. The minimum Gasteiger partial charge on any atom is -0.229 e. The van der Waals surface area contributed by atoms with Crippen LogP contribution in [0.3, 0.4) is 0 Å². The predicted octanol–water partition coefficient (Wildman–Crippen LogP) is 3.00. The molecule has 0 aromatic heterocycles. The van der Waals surface area contributed by atoms with Gasteiger partial charge < -0.3 is 0 Å². The van der Waals surface area contributed by atoms with Gasteiger partial charge in [0.05, 0.1) is 5.25 Å². The molecule has 1 aromatic carbocycles. The van der Waals surface area contributed by atoms with Crippen molar-refractivity contribution < 1.29 is 8.42 Å². The molecule has 1 aromatic rings. The number of rotatable bonds is 2. The van der Waals surface area contributed by atoms with Crippen LogP contribution in [-0.4, -0.2) is 19.9 Å². The van der Waals surface area contributed by atoms with Crippen LogP contribution >= 0.6 is 0 Å². The zero-order chi connectivity index (χ0) is 12.5. The van der Waals surface area contributed by atoms with Crippen molar-refractivity contribution in [2.75, 3.05) is 6.26 Å². The maximum absolute atomic E-state index is 12.0. The fraction of sp³-hybridized carbons (Fsp3) is 0.571. The molecule has 0 amide bonds. The van der Waals surface area contributed by atoms with E-state index in [4.69, 9.17) is 0 Å². The summed E-state index contributed by atoms with van der Waals surface area (Å²) in [7, 11) is -2.97. The van der Waals surface area contributed by atoms with Gasteiger partial charge in [0.15, 0.2) is 9.84 Å². The molecule has 1 fully saturated rings. The van der Waals surface area contributed by atoms with Crippen LogP contribution in [0.5, 0.6) is 0 Å². The molecular weight excluding hydrogens is 232 g/mol. The molecule has 0 spiro atoms. The van der Waals surface area contributed by atoms with Crippen molar-refractivity contribution in [2.45, 2.75) is 37.4 Å². The molecule has 0 aliphatic heterocycles. The SMILES string of the molecule is CC1CCCC(c2ccccc2)C1S(C)(=O)=O. The summed E-state index contributed by atoms with van der Waals surface area (Å²) in [5.74, 6) is 0.443. The molecule has 17 heavy (non-hydrogen) atoms. The predicted molar refractivity (Wildman–Crippen MR) is 70.8 cm³/mol. The third kappa shape index (κ3) is 2.71. The van der Waals surface area contributed by atoms with E-state index in [0.717, 1.165) is 19.3 Å². The molecule has 3 heteroatoms. The van der Waals surface area contributed by atoms with Gasteiger partial charge in [0, 0.05) is 12.2 Å². The van der Waals surface area contributed by atoms with Gasteiger partial charge in [0.25, 0.3) is 0 Å². The van der Waals surface area contributed by atoms with E-state index < -0.39 is 9.84 Å². The molecule has 3 atom stereocenters. The number of hydrogen-bond donors (Lipinski definition) is 0. The number of benzene rings is 1. The molecule has 3 unspecified atom stereocenters. The molecule has 2 nitrogen and oxygen atoms in total. The van der Waals surface area contributed by atoms with Gasteiger partial charge in [-0.25, -0.2) is 8.42 Å². The first-order valence-electron chi connectivity index (χ1n) is 6.24. The van der Waals surface area contributed by atoms with E-state index in [1.165, 1.54) is 11.8 Å². The lowest BCUT2D eigenvalue weighted by molar-refractivity contribution is 0.343. The monoisotopic (exact) mass is 252 g/mol. The summed E-state index contributed by atoms with van der Waals surface area (Å²) in [6, 6.07) is 10.1. The topological polar surface area (TPSA) is 34.1 Å². The van der Waals surface area contributed by atoms with Crippen molar-refractivity contribution in [3.63, 3.8) is 0 Å². The van der Waals surface area contributed by atoms with Crippen molar-refractivity contribution in [2.24, 2.45) is 5.92 Å². The summed E-state index contributed by atoms with van der Waals surface area (Å²) in [5.41, 5.74) is 1.18. The van der Waals surface area contributed by atoms with E-state index in [2.05, 4.69) is 19.1 Å². The Labute approximate surface area is 104 Å². The summed E-state index contributed by atoms with van der Waals surface area (Å²) < 4.78 is 24.0. The lowest BCUT2D eigenvalue weighted by Crippen LogP contribution is -2.36. The van der Waals surface area contributed by atoms with E-state index in [-0.39, 0.29) is 17.1 Å². The first kappa shape index (κ1) is 12.6. The third-order valence-electron chi connectivity index (χ3n) is 3.85. The molecule has 94 valence electrons. The standard InChI is InChI=1S/C14H20O2S/c1-11-7-6-10-13(14(11)17(2,15)16)12-8-4-3-5-9-12/h3-5,8-9,11,13-14H,6-7,10H2,1-2H3. The van der Waals surface area contributed by atoms with Gasteiger partial charge in [-0.1, -0.05) is 43.7 Å². The van der Waals surface area contributed by atoms with Crippen LogP contribution in [0.2, 0.25) is 0 Å². The minimum atomic E-state index is -2.97. The fourth-order valence-electron chi connectivity index (χ4n) is 3.16. The third-order valence-corrected chi connectivity index (χ3v) is 5.64. The van der Waals surface area contributed by atoms with Crippen molar-refractivity contribution in [1.29, 1.82) is 0 Å². The molecule has 0 saturated heterocycles. The summed E-state index contributed by atoms with van der Waals surface area (Å²) in [6.07, 6.45) is 4.54. The number of hydrogen-bond acceptors (Lipinski definition) is 2. The van der Waals surface area contributed by atoms with Crippen LogP contribution in [0, 0.1) is 5.92 Å². The van der Waals surface area contributed by atoms with Crippen LogP contribution in [0.1, 0.15) is 37.7 Å². The van der Waals surface area contributed by atoms with Crippen LogP contribution in [0.25, 0.3) is 0 Å². The van der Waals surface area contributed by atoms with E-state index in [0.29, 0.717) is 0 Å². The quantitative estimate of drug-likeness (QED) is 0.811. The minimum absolute atomic E-state index is 0.176. The van der Waals surface area contributed by atoms with Gasteiger partial charge >= 0.3 is 0 Å². The Morgan fingerprint density at radius 3 is 2.35 bits per heavy atom. The second-order valence-corrected chi connectivity index (χ2v) is 7.42. The first-order valence-corrected chi connectivity index (χ1v) is 8.19. The maximum Gasteiger partial charge on any atom is 0.151 e. The Hall–Kier alpha value is -0.830. The molecule has 1 aliphatic carbocycles. The van der Waals surface area contributed by atoms with Crippen LogP contribution in [0.4, 0.5) is 0 Å². The average molecular weight is 252 g/mol. The Bertz CT molecular complexity index is 464. The summed E-state index contributed by atoms with van der Waals surface area (Å²) >= 11 is 0. The van der Waals surface area contributed by atoms with E-state index >= 15 is 0 Å². The van der Waals surface area contributed by atoms with Gasteiger partial charge in [-0.3, -0.25) is 0 Å². The van der Waals surface area contributed by atoms with Gasteiger partial charge in [-0.15, -0.1) is 0 Å². The molecule has 0 bridgehead atoms. The van der Waals surface area contributed by atoms with Gasteiger partial charge in [0.1, 0.15) is 0 Å². The van der Waals surface area contributed by atoms with Gasteiger partial charge in [0.2, 0.25) is 0 Å². The summed E-state index contributed by atoms with van der Waals surface area (Å²) in [6.45, 7) is 2.07. The summed E-state index contributed by atoms with van der Waals surface area (Å²) in [5, 5.41) is -0.210. The zero-order valence-corrected chi connectivity index (χ0v) is 11.3. The molecule has 0 heterocycles. The fourth-order valence-corrected chi connectivity index (χ4v) is 5.03. The lowest BCUT2D eigenvalue weighted by atomic mass is 9.78. The van der Waals surface area contributed by atoms with Crippen molar-refractivity contribution in [1.82, 2.24) is 0 Å². The Kier molecular flexibility index (Phi) is 3.57. The van der Waals surface area contributed by atoms with Crippen molar-refractivity contribution in [3.8, 4) is 0 Å². The highest BCUT2D eigenvalue weighted by atomic mass is 32.2. The molecule has 2 rings (SSSR count). The molecule has 1 saturated carbocycles. The lowest BCUT2D eigenvalue weighted by Gasteiger charge is -2.35. The van der Waals surface area contributed by atoms with Gasteiger partial charge in [-0.2, -0.15) is 0 Å². The van der Waals surface area contributed by atoms with Crippen molar-refractivity contribution >= 4 is 9.84 Å². The zero-order valence-electron chi connectivity index (χ0n) is 10.5. The smallest absolute Gasteiger partial charge is 0.151 e. The first-order chi connectivity index (χ1) is 8.00. The second-order valence-electron chi connectivity index (χ2n) is 5.22. The van der Waals surface area contributed by atoms with Crippen molar-refractivity contribution in [3.05, 3.63) is 35.9 Å². The molecule has 1 aliphatic rings. The van der Waals surface area contributed by atoms with E-state index in [1.807, 2.05) is 18.2 Å². The highest BCUT2D eigenvalue weighted by Crippen LogP contribution is 2.39. The van der Waals surface area contributed by atoms with Crippen LogP contribution < -0.4 is 0 Å². The van der Waals surface area contributed by atoms with Gasteiger partial charge in [-0.05, 0) is 24.3 Å². The Morgan fingerprint density at radius 1 is 1.12 bits per heavy atom. The highest BCUT2D eigenvalue weighted by molar-refractivity contribution is 7.91. The molecule has 0 N–H and O–H groups in total. The second kappa shape index (κ2) is 4.81. The largest absolute Gasteiger partial charge is 0.229 e. The van der Waals surface area contributed by atoms with E-state index in [1.54, 1.807) is 0 Å². The Balaban J connectivity index is 2.37. The van der Waals surface area contributed by atoms with Crippen LogP contribution in [0.15, 0.2) is 30.3 Å². The Morgan fingerprint density at radius 2 is 1.76 bits per heavy atom. The number of sulfone groups is 1. The van der Waals surface area contributed by atoms with E-state index in [9.17, 15) is 8.42 Å².